The van der Waals surface area contributed by atoms with Crippen LogP contribution in [-0.4, -0.2) is 11.7 Å². The highest BCUT2D eigenvalue weighted by Gasteiger charge is 2.30. The minimum atomic E-state index is -2.96. The van der Waals surface area contributed by atoms with Crippen molar-refractivity contribution in [3.05, 3.63) is 29.3 Å². The zero-order valence-corrected chi connectivity index (χ0v) is 7.93. The molecule has 1 aromatic carbocycles. The van der Waals surface area contributed by atoms with Crippen LogP contribution < -0.4 is 5.73 Å². The Kier molecular flexibility index (Phi) is 3.06. The number of hydrogen-bond donors (Lipinski definition) is 2. The predicted molar refractivity (Wildman–Crippen MR) is 50.4 cm³/mol. The van der Waals surface area contributed by atoms with Crippen LogP contribution in [0.5, 0.6) is 5.75 Å². The topological polar surface area (TPSA) is 46.2 Å². The van der Waals surface area contributed by atoms with Gasteiger partial charge in [-0.15, -0.1) is 0 Å². The van der Waals surface area contributed by atoms with Crippen LogP contribution in [0.4, 0.5) is 8.78 Å². The number of hydrogen-bond acceptors (Lipinski definition) is 2. The Labute approximate surface area is 81.4 Å². The molecule has 0 aliphatic carbocycles. The van der Waals surface area contributed by atoms with Gasteiger partial charge in [0.05, 0.1) is 0 Å². The summed E-state index contributed by atoms with van der Waals surface area (Å²) in [5.74, 6) is -3.07. The number of benzene rings is 1. The second-order valence-electron chi connectivity index (χ2n) is 3.24. The van der Waals surface area contributed by atoms with E-state index in [1.54, 1.807) is 6.92 Å². The summed E-state index contributed by atoms with van der Waals surface area (Å²) in [7, 11) is 0. The fourth-order valence-corrected chi connectivity index (χ4v) is 1.16. The lowest BCUT2D eigenvalue weighted by Gasteiger charge is -2.16. The summed E-state index contributed by atoms with van der Waals surface area (Å²) in [6, 6.07) is 3.87. The molecule has 78 valence electrons. The highest BCUT2D eigenvalue weighted by atomic mass is 19.3. The van der Waals surface area contributed by atoms with E-state index in [1.807, 2.05) is 0 Å². The summed E-state index contributed by atoms with van der Waals surface area (Å²) in [5.41, 5.74) is 5.47. The fraction of sp³-hybridized carbons (Fsp3) is 0.400. The molecule has 0 saturated carbocycles. The summed E-state index contributed by atoms with van der Waals surface area (Å²) in [5, 5.41) is 9.27. The van der Waals surface area contributed by atoms with Gasteiger partial charge in [0.2, 0.25) is 0 Å². The van der Waals surface area contributed by atoms with Crippen molar-refractivity contribution in [2.75, 3.05) is 6.54 Å². The van der Waals surface area contributed by atoms with Gasteiger partial charge >= 0.3 is 0 Å². The molecule has 1 aromatic rings. The molecule has 0 aliphatic heterocycles. The molecule has 4 heteroatoms. The largest absolute Gasteiger partial charge is 0.508 e. The van der Waals surface area contributed by atoms with Crippen LogP contribution in [0, 0.1) is 6.92 Å². The van der Waals surface area contributed by atoms with E-state index in [1.165, 1.54) is 12.1 Å². The second-order valence-corrected chi connectivity index (χ2v) is 3.24. The smallest absolute Gasteiger partial charge is 0.274 e. The quantitative estimate of drug-likeness (QED) is 0.787. The molecular weight excluding hydrogens is 188 g/mol. The molecule has 0 atom stereocenters. The van der Waals surface area contributed by atoms with Crippen molar-refractivity contribution in [3.63, 3.8) is 0 Å². The number of nitrogens with two attached hydrogens (primary N) is 1. The number of rotatable bonds is 3. The summed E-state index contributed by atoms with van der Waals surface area (Å²) >= 11 is 0. The Morgan fingerprint density at radius 2 is 2.07 bits per heavy atom. The predicted octanol–water partition coefficient (Wildman–Crippen LogP) is 2.14. The van der Waals surface area contributed by atoms with Gasteiger partial charge in [0.25, 0.3) is 5.92 Å². The molecule has 0 unspecified atom stereocenters. The Morgan fingerprint density at radius 1 is 1.43 bits per heavy atom. The van der Waals surface area contributed by atoms with E-state index in [9.17, 15) is 13.9 Å². The maximum absolute atomic E-state index is 13.3. The average molecular weight is 201 g/mol. The lowest BCUT2D eigenvalue weighted by Crippen LogP contribution is -2.18. The standard InChI is InChI=1S/C10H13F2NO/c1-7-2-3-8(6-9(7)14)10(11,12)4-5-13/h2-3,6,14H,4-5,13H2,1H3. The zero-order chi connectivity index (χ0) is 10.8. The number of aromatic hydroxyl groups is 1. The highest BCUT2D eigenvalue weighted by Crippen LogP contribution is 2.33. The number of aryl methyl sites for hydroxylation is 1. The third-order valence-corrected chi connectivity index (χ3v) is 2.09. The van der Waals surface area contributed by atoms with E-state index in [0.717, 1.165) is 6.07 Å². The molecule has 0 aliphatic rings. The molecule has 0 radical (unpaired) electrons. The van der Waals surface area contributed by atoms with Gasteiger partial charge in [0, 0.05) is 12.0 Å². The van der Waals surface area contributed by atoms with Crippen LogP contribution in [-0.2, 0) is 5.92 Å². The number of halogens is 2. The molecule has 2 nitrogen and oxygen atoms in total. The van der Waals surface area contributed by atoms with Crippen molar-refractivity contribution in [1.82, 2.24) is 0 Å². The first-order valence-electron chi connectivity index (χ1n) is 4.35. The Morgan fingerprint density at radius 3 is 2.57 bits per heavy atom. The lowest BCUT2D eigenvalue weighted by atomic mass is 10.0. The molecule has 0 fully saturated rings. The van der Waals surface area contributed by atoms with Crippen LogP contribution in [0.1, 0.15) is 17.5 Å². The van der Waals surface area contributed by atoms with E-state index in [0.29, 0.717) is 5.56 Å². The molecule has 0 bridgehead atoms. The van der Waals surface area contributed by atoms with Crippen molar-refractivity contribution in [2.24, 2.45) is 5.73 Å². The second kappa shape index (κ2) is 3.92. The van der Waals surface area contributed by atoms with E-state index in [2.05, 4.69) is 0 Å². The van der Waals surface area contributed by atoms with Gasteiger partial charge in [-0.05, 0) is 25.1 Å². The number of alkyl halides is 2. The Bertz CT molecular complexity index is 326. The Hall–Kier alpha value is -1.16. The van der Waals surface area contributed by atoms with Crippen LogP contribution in [0.15, 0.2) is 18.2 Å². The number of phenols is 1. The maximum Gasteiger partial charge on any atom is 0.274 e. The van der Waals surface area contributed by atoms with E-state index in [4.69, 9.17) is 5.73 Å². The van der Waals surface area contributed by atoms with Crippen molar-refractivity contribution < 1.29 is 13.9 Å². The van der Waals surface area contributed by atoms with Crippen molar-refractivity contribution in [1.29, 1.82) is 0 Å². The first kappa shape index (κ1) is 10.9. The molecular formula is C10H13F2NO. The molecule has 0 amide bonds. The van der Waals surface area contributed by atoms with Gasteiger partial charge in [0.1, 0.15) is 5.75 Å². The number of phenolic OH excluding ortho intramolecular Hbond substituents is 1. The molecule has 0 aromatic heterocycles. The minimum Gasteiger partial charge on any atom is -0.508 e. The van der Waals surface area contributed by atoms with Crippen LogP contribution in [0.25, 0.3) is 0 Å². The van der Waals surface area contributed by atoms with Gasteiger partial charge in [-0.2, -0.15) is 0 Å². The molecule has 0 saturated heterocycles. The third kappa shape index (κ3) is 2.20. The first-order chi connectivity index (χ1) is 6.47. The third-order valence-electron chi connectivity index (χ3n) is 2.09. The highest BCUT2D eigenvalue weighted by molar-refractivity contribution is 5.37. The van der Waals surface area contributed by atoms with Gasteiger partial charge in [-0.3, -0.25) is 0 Å². The normalized spacial score (nSPS) is 11.7. The van der Waals surface area contributed by atoms with E-state index >= 15 is 0 Å². The van der Waals surface area contributed by atoms with Crippen LogP contribution in [0.3, 0.4) is 0 Å². The van der Waals surface area contributed by atoms with Crippen molar-refractivity contribution >= 4 is 0 Å². The van der Waals surface area contributed by atoms with Gasteiger partial charge < -0.3 is 10.8 Å². The SMILES string of the molecule is Cc1ccc(C(F)(F)CCN)cc1O. The molecule has 14 heavy (non-hydrogen) atoms. The van der Waals surface area contributed by atoms with E-state index in [-0.39, 0.29) is 17.9 Å². The van der Waals surface area contributed by atoms with Crippen LogP contribution >= 0.6 is 0 Å². The summed E-state index contributed by atoms with van der Waals surface area (Å²) in [6.45, 7) is 1.57. The minimum absolute atomic E-state index is 0.0817. The van der Waals surface area contributed by atoms with Gasteiger partial charge in [-0.1, -0.05) is 12.1 Å². The Balaban J connectivity index is 3.01. The van der Waals surface area contributed by atoms with E-state index < -0.39 is 12.3 Å². The molecule has 0 heterocycles. The van der Waals surface area contributed by atoms with Crippen molar-refractivity contribution in [2.45, 2.75) is 19.3 Å². The van der Waals surface area contributed by atoms with Gasteiger partial charge in [0.15, 0.2) is 0 Å². The van der Waals surface area contributed by atoms with Crippen molar-refractivity contribution in [3.8, 4) is 5.75 Å². The fourth-order valence-electron chi connectivity index (χ4n) is 1.16. The average Bonchev–Trinajstić information content (AvgIpc) is 2.09. The monoisotopic (exact) mass is 201 g/mol. The molecule has 0 spiro atoms. The van der Waals surface area contributed by atoms with Gasteiger partial charge in [-0.25, -0.2) is 8.78 Å². The van der Waals surface area contributed by atoms with Crippen LogP contribution in [0.2, 0.25) is 0 Å². The zero-order valence-electron chi connectivity index (χ0n) is 7.93. The molecule has 3 N–H and O–H groups in total. The summed E-state index contributed by atoms with van der Waals surface area (Å²) in [6.07, 6.45) is -0.407. The summed E-state index contributed by atoms with van der Waals surface area (Å²) < 4.78 is 26.6. The molecule has 1 rings (SSSR count). The lowest BCUT2D eigenvalue weighted by molar-refractivity contribution is -0.0109. The first-order valence-corrected chi connectivity index (χ1v) is 4.35. The maximum atomic E-state index is 13.3. The summed E-state index contributed by atoms with van der Waals surface area (Å²) in [4.78, 5) is 0.